The first kappa shape index (κ1) is 12.1. The third-order valence-electron chi connectivity index (χ3n) is 2.12. The lowest BCUT2D eigenvalue weighted by molar-refractivity contribution is 0.371. The van der Waals surface area contributed by atoms with Crippen LogP contribution in [0.25, 0.3) is 0 Å². The van der Waals surface area contributed by atoms with Gasteiger partial charge in [-0.2, -0.15) is 0 Å². The smallest absolute Gasteiger partial charge is 0.172 e. The molecule has 15 heavy (non-hydrogen) atoms. The normalized spacial score (nSPS) is 12.2. The van der Waals surface area contributed by atoms with Gasteiger partial charge in [-0.25, -0.2) is 0 Å². The SMILES string of the molecule is C=CC[C@H](N)c1cc(Br)c(O)c(OC)c1. The quantitative estimate of drug-likeness (QED) is 0.828. The van der Waals surface area contributed by atoms with E-state index in [1.807, 2.05) is 0 Å². The number of rotatable bonds is 4. The Labute approximate surface area is 97.7 Å². The van der Waals surface area contributed by atoms with Gasteiger partial charge in [0, 0.05) is 6.04 Å². The van der Waals surface area contributed by atoms with Crippen LogP contribution >= 0.6 is 15.9 Å². The molecule has 0 radical (unpaired) electrons. The molecule has 4 heteroatoms. The van der Waals surface area contributed by atoms with Crippen molar-refractivity contribution in [2.75, 3.05) is 7.11 Å². The highest BCUT2D eigenvalue weighted by atomic mass is 79.9. The summed E-state index contributed by atoms with van der Waals surface area (Å²) in [5.74, 6) is 0.506. The Balaban J connectivity index is 3.10. The number of methoxy groups -OCH3 is 1. The maximum absolute atomic E-state index is 9.60. The van der Waals surface area contributed by atoms with Crippen molar-refractivity contribution in [1.29, 1.82) is 0 Å². The minimum Gasteiger partial charge on any atom is -0.503 e. The molecular weight excluding hydrogens is 258 g/mol. The number of hydrogen-bond acceptors (Lipinski definition) is 3. The average Bonchev–Trinajstić information content (AvgIpc) is 2.22. The predicted molar refractivity (Wildman–Crippen MR) is 64.1 cm³/mol. The first-order valence-electron chi connectivity index (χ1n) is 4.53. The van der Waals surface area contributed by atoms with Gasteiger partial charge in [0.2, 0.25) is 0 Å². The van der Waals surface area contributed by atoms with Gasteiger partial charge < -0.3 is 15.6 Å². The number of phenols is 1. The van der Waals surface area contributed by atoms with E-state index in [0.717, 1.165) is 5.56 Å². The van der Waals surface area contributed by atoms with Crippen LogP contribution in [0.3, 0.4) is 0 Å². The van der Waals surface area contributed by atoms with Gasteiger partial charge in [0.05, 0.1) is 11.6 Å². The molecule has 0 saturated heterocycles. The number of benzene rings is 1. The van der Waals surface area contributed by atoms with Gasteiger partial charge in [0.25, 0.3) is 0 Å². The van der Waals surface area contributed by atoms with Crippen molar-refractivity contribution < 1.29 is 9.84 Å². The summed E-state index contributed by atoms with van der Waals surface area (Å²) in [6, 6.07) is 3.38. The molecule has 0 unspecified atom stereocenters. The van der Waals surface area contributed by atoms with Crippen LogP contribution in [0.1, 0.15) is 18.0 Å². The van der Waals surface area contributed by atoms with E-state index in [1.54, 1.807) is 18.2 Å². The highest BCUT2D eigenvalue weighted by Crippen LogP contribution is 2.36. The van der Waals surface area contributed by atoms with Crippen molar-refractivity contribution in [3.05, 3.63) is 34.8 Å². The number of hydrogen-bond donors (Lipinski definition) is 2. The van der Waals surface area contributed by atoms with Crippen molar-refractivity contribution in [2.45, 2.75) is 12.5 Å². The monoisotopic (exact) mass is 271 g/mol. The van der Waals surface area contributed by atoms with Crippen molar-refractivity contribution in [3.63, 3.8) is 0 Å². The molecule has 0 saturated carbocycles. The molecule has 1 aromatic rings. The second-order valence-corrected chi connectivity index (χ2v) is 4.04. The van der Waals surface area contributed by atoms with Crippen LogP contribution in [0, 0.1) is 0 Å². The summed E-state index contributed by atoms with van der Waals surface area (Å²) >= 11 is 3.25. The van der Waals surface area contributed by atoms with Crippen molar-refractivity contribution in [2.24, 2.45) is 5.73 Å². The van der Waals surface area contributed by atoms with Crippen molar-refractivity contribution in [3.8, 4) is 11.5 Å². The Hall–Kier alpha value is -1.00. The van der Waals surface area contributed by atoms with Gasteiger partial charge >= 0.3 is 0 Å². The molecular formula is C11H14BrNO2. The molecule has 0 amide bonds. The Morgan fingerprint density at radius 2 is 2.33 bits per heavy atom. The topological polar surface area (TPSA) is 55.5 Å². The van der Waals surface area contributed by atoms with Crippen LogP contribution in [0.2, 0.25) is 0 Å². The molecule has 0 heterocycles. The summed E-state index contributed by atoms with van der Waals surface area (Å²) in [6.45, 7) is 3.64. The lowest BCUT2D eigenvalue weighted by Crippen LogP contribution is -2.09. The van der Waals surface area contributed by atoms with Crippen LogP contribution in [-0.4, -0.2) is 12.2 Å². The van der Waals surface area contributed by atoms with E-state index >= 15 is 0 Å². The number of ether oxygens (including phenoxy) is 1. The minimum atomic E-state index is -0.131. The Kier molecular flexibility index (Phi) is 4.17. The molecule has 0 spiro atoms. The lowest BCUT2D eigenvalue weighted by Gasteiger charge is -2.13. The van der Waals surface area contributed by atoms with E-state index in [0.29, 0.717) is 16.6 Å². The Morgan fingerprint density at radius 1 is 1.67 bits per heavy atom. The maximum atomic E-state index is 9.60. The van der Waals surface area contributed by atoms with Crippen LogP contribution in [0.4, 0.5) is 0 Å². The Morgan fingerprint density at radius 3 is 2.87 bits per heavy atom. The van der Waals surface area contributed by atoms with Crippen molar-refractivity contribution >= 4 is 15.9 Å². The van der Waals surface area contributed by atoms with E-state index in [4.69, 9.17) is 10.5 Å². The summed E-state index contributed by atoms with van der Waals surface area (Å²) in [7, 11) is 1.50. The standard InChI is InChI=1S/C11H14BrNO2/c1-3-4-9(13)7-5-8(12)11(14)10(6-7)15-2/h3,5-6,9,14H,1,4,13H2,2H3/t9-/m0/s1. The second-order valence-electron chi connectivity index (χ2n) is 3.18. The van der Waals surface area contributed by atoms with E-state index in [1.165, 1.54) is 7.11 Å². The van der Waals surface area contributed by atoms with Crippen LogP contribution in [-0.2, 0) is 0 Å². The largest absolute Gasteiger partial charge is 0.503 e. The molecule has 1 aromatic carbocycles. The zero-order valence-corrected chi connectivity index (χ0v) is 10.1. The molecule has 0 aliphatic carbocycles. The summed E-state index contributed by atoms with van der Waals surface area (Å²) in [5, 5.41) is 9.60. The number of nitrogens with two attached hydrogens (primary N) is 1. The third-order valence-corrected chi connectivity index (χ3v) is 2.72. The lowest BCUT2D eigenvalue weighted by atomic mass is 10.0. The zero-order chi connectivity index (χ0) is 11.4. The second kappa shape index (κ2) is 5.19. The van der Waals surface area contributed by atoms with Crippen molar-refractivity contribution in [1.82, 2.24) is 0 Å². The molecule has 0 fully saturated rings. The summed E-state index contributed by atoms with van der Waals surface area (Å²) in [6.07, 6.45) is 2.44. The van der Waals surface area contributed by atoms with Crippen LogP contribution < -0.4 is 10.5 Å². The number of halogens is 1. The van der Waals surface area contributed by atoms with Gasteiger partial charge in [-0.1, -0.05) is 6.08 Å². The first-order chi connectivity index (χ1) is 7.10. The molecule has 3 N–H and O–H groups in total. The molecule has 82 valence electrons. The van der Waals surface area contributed by atoms with Gasteiger partial charge in [0.15, 0.2) is 11.5 Å². The van der Waals surface area contributed by atoms with E-state index < -0.39 is 0 Å². The fraction of sp³-hybridized carbons (Fsp3) is 0.273. The summed E-state index contributed by atoms with van der Waals surface area (Å²) in [4.78, 5) is 0. The molecule has 0 aliphatic heterocycles. The highest BCUT2D eigenvalue weighted by Gasteiger charge is 2.12. The fourth-order valence-corrected chi connectivity index (χ4v) is 1.74. The third kappa shape index (κ3) is 2.73. The van der Waals surface area contributed by atoms with E-state index in [-0.39, 0.29) is 11.8 Å². The summed E-state index contributed by atoms with van der Waals surface area (Å²) in [5.41, 5.74) is 6.82. The van der Waals surface area contributed by atoms with Gasteiger partial charge in [-0.05, 0) is 40.0 Å². The number of aromatic hydroxyl groups is 1. The van der Waals surface area contributed by atoms with E-state index in [9.17, 15) is 5.11 Å². The van der Waals surface area contributed by atoms with Gasteiger partial charge in [0.1, 0.15) is 0 Å². The molecule has 3 nitrogen and oxygen atoms in total. The number of phenolic OH excluding ortho intramolecular Hbond substituents is 1. The molecule has 1 atom stereocenters. The average molecular weight is 272 g/mol. The summed E-state index contributed by atoms with van der Waals surface area (Å²) < 4.78 is 5.61. The maximum Gasteiger partial charge on any atom is 0.172 e. The predicted octanol–water partition coefficient (Wildman–Crippen LogP) is 2.74. The zero-order valence-electron chi connectivity index (χ0n) is 8.53. The van der Waals surface area contributed by atoms with Gasteiger partial charge in [-0.3, -0.25) is 0 Å². The van der Waals surface area contributed by atoms with E-state index in [2.05, 4.69) is 22.5 Å². The highest BCUT2D eigenvalue weighted by molar-refractivity contribution is 9.10. The van der Waals surface area contributed by atoms with Crippen LogP contribution in [0.15, 0.2) is 29.3 Å². The first-order valence-corrected chi connectivity index (χ1v) is 5.32. The molecule has 0 aliphatic rings. The fourth-order valence-electron chi connectivity index (χ4n) is 1.28. The molecule has 1 rings (SSSR count). The minimum absolute atomic E-state index is 0.0899. The molecule has 0 bridgehead atoms. The molecule has 0 aromatic heterocycles. The van der Waals surface area contributed by atoms with Crippen LogP contribution in [0.5, 0.6) is 11.5 Å². The van der Waals surface area contributed by atoms with Gasteiger partial charge in [-0.15, -0.1) is 6.58 Å². The Bertz CT molecular complexity index is 366.